The normalized spacial score (nSPS) is 34.5. The van der Waals surface area contributed by atoms with Crippen LogP contribution in [0, 0.1) is 11.8 Å². The van der Waals surface area contributed by atoms with Crippen molar-refractivity contribution in [2.24, 2.45) is 11.8 Å². The number of hydrogen-bond acceptors (Lipinski definition) is 2. The van der Waals surface area contributed by atoms with Crippen molar-refractivity contribution in [1.29, 1.82) is 0 Å². The molecule has 0 radical (unpaired) electrons. The molecule has 2 heterocycles. The molecule has 86 valence electrons. The van der Waals surface area contributed by atoms with Gasteiger partial charge in [-0.2, -0.15) is 0 Å². The predicted octanol–water partition coefficient (Wildman–Crippen LogP) is 1.29. The van der Waals surface area contributed by atoms with Gasteiger partial charge in [0.25, 0.3) is 0 Å². The summed E-state index contributed by atoms with van der Waals surface area (Å²) in [6, 6.07) is 1.45. The Bertz CT molecular complexity index is 228. The van der Waals surface area contributed by atoms with Crippen molar-refractivity contribution in [2.45, 2.75) is 51.6 Å². The first-order valence-corrected chi connectivity index (χ1v) is 6.19. The number of fused-ring (bicyclic) bond motifs is 2. The molecule has 2 saturated heterocycles. The summed E-state index contributed by atoms with van der Waals surface area (Å²) < 4.78 is 0. The van der Waals surface area contributed by atoms with Crippen LogP contribution in [0.3, 0.4) is 0 Å². The smallest absolute Gasteiger partial charge is 0.222 e. The molecule has 0 aliphatic carbocycles. The summed E-state index contributed by atoms with van der Waals surface area (Å²) in [4.78, 5) is 11.4. The number of carbonyl (C=O) groups excluding carboxylic acids is 1. The van der Waals surface area contributed by atoms with Crippen LogP contribution >= 0.6 is 0 Å². The summed E-state index contributed by atoms with van der Waals surface area (Å²) >= 11 is 0. The Morgan fingerprint density at radius 1 is 1.33 bits per heavy atom. The highest BCUT2D eigenvalue weighted by Gasteiger charge is 2.33. The van der Waals surface area contributed by atoms with Crippen molar-refractivity contribution in [3.63, 3.8) is 0 Å². The third kappa shape index (κ3) is 2.71. The highest BCUT2D eigenvalue weighted by atomic mass is 16.1. The molecule has 1 unspecified atom stereocenters. The van der Waals surface area contributed by atoms with E-state index in [2.05, 4.69) is 10.6 Å². The molecule has 0 aromatic rings. The monoisotopic (exact) mass is 210 g/mol. The van der Waals surface area contributed by atoms with Gasteiger partial charge in [0.15, 0.2) is 0 Å². The van der Waals surface area contributed by atoms with E-state index in [1.807, 2.05) is 13.8 Å². The van der Waals surface area contributed by atoms with E-state index in [0.29, 0.717) is 5.92 Å². The Morgan fingerprint density at radius 2 is 1.93 bits per heavy atom. The summed E-state index contributed by atoms with van der Waals surface area (Å²) in [6.07, 6.45) is 5.16. The van der Waals surface area contributed by atoms with E-state index in [1.54, 1.807) is 0 Å². The van der Waals surface area contributed by atoms with Crippen LogP contribution in [-0.4, -0.2) is 24.5 Å². The topological polar surface area (TPSA) is 41.1 Å². The van der Waals surface area contributed by atoms with Gasteiger partial charge in [0, 0.05) is 24.5 Å². The van der Waals surface area contributed by atoms with E-state index in [0.717, 1.165) is 18.6 Å². The summed E-state index contributed by atoms with van der Waals surface area (Å²) in [7, 11) is 0. The number of piperidine rings is 1. The lowest BCUT2D eigenvalue weighted by Gasteiger charge is -2.29. The fourth-order valence-electron chi connectivity index (χ4n) is 2.79. The van der Waals surface area contributed by atoms with Crippen molar-refractivity contribution in [3.8, 4) is 0 Å². The summed E-state index contributed by atoms with van der Waals surface area (Å²) in [5.41, 5.74) is 0. The quantitative estimate of drug-likeness (QED) is 0.737. The zero-order chi connectivity index (χ0) is 10.8. The van der Waals surface area contributed by atoms with E-state index < -0.39 is 0 Å². The molecule has 0 aromatic carbocycles. The van der Waals surface area contributed by atoms with Crippen LogP contribution in [0.2, 0.25) is 0 Å². The second-order valence-electron chi connectivity index (χ2n) is 5.38. The van der Waals surface area contributed by atoms with E-state index in [-0.39, 0.29) is 11.8 Å². The Morgan fingerprint density at radius 3 is 2.47 bits per heavy atom. The van der Waals surface area contributed by atoms with Crippen LogP contribution in [0.4, 0.5) is 0 Å². The molecule has 0 aromatic heterocycles. The number of rotatable bonds is 3. The van der Waals surface area contributed by atoms with E-state index in [1.165, 1.54) is 25.7 Å². The number of carbonyl (C=O) groups is 1. The lowest BCUT2D eigenvalue weighted by atomic mass is 9.92. The third-order valence-electron chi connectivity index (χ3n) is 3.66. The summed E-state index contributed by atoms with van der Waals surface area (Å²) in [6.45, 7) is 4.77. The van der Waals surface area contributed by atoms with Gasteiger partial charge in [0.05, 0.1) is 0 Å². The molecular formula is C12H22N2O. The average Bonchev–Trinajstić information content (AvgIpc) is 2.54. The summed E-state index contributed by atoms with van der Waals surface area (Å²) in [5.74, 6) is 1.01. The second-order valence-corrected chi connectivity index (χ2v) is 5.38. The number of nitrogens with one attached hydrogen (secondary N) is 2. The van der Waals surface area contributed by atoms with Crippen molar-refractivity contribution < 1.29 is 4.79 Å². The SMILES string of the molecule is CC(C)C(=O)NCC1C[C@H]2CC[C@@H](C1)N2. The second kappa shape index (κ2) is 4.52. The minimum absolute atomic E-state index is 0.114. The van der Waals surface area contributed by atoms with Crippen LogP contribution < -0.4 is 10.6 Å². The lowest BCUT2D eigenvalue weighted by molar-refractivity contribution is -0.124. The molecule has 0 saturated carbocycles. The van der Waals surface area contributed by atoms with Gasteiger partial charge in [-0.3, -0.25) is 4.79 Å². The molecule has 0 spiro atoms. The van der Waals surface area contributed by atoms with Gasteiger partial charge in [0.1, 0.15) is 0 Å². The van der Waals surface area contributed by atoms with Gasteiger partial charge in [0.2, 0.25) is 5.91 Å². The number of hydrogen-bond donors (Lipinski definition) is 2. The average molecular weight is 210 g/mol. The molecule has 2 rings (SSSR count). The molecule has 2 aliphatic heterocycles. The Labute approximate surface area is 92.0 Å². The Hall–Kier alpha value is -0.570. The zero-order valence-corrected chi connectivity index (χ0v) is 9.75. The highest BCUT2D eigenvalue weighted by Crippen LogP contribution is 2.30. The Balaban J connectivity index is 1.74. The number of amides is 1. The van der Waals surface area contributed by atoms with Crippen LogP contribution in [0.25, 0.3) is 0 Å². The van der Waals surface area contributed by atoms with Crippen molar-refractivity contribution >= 4 is 5.91 Å². The van der Waals surface area contributed by atoms with Gasteiger partial charge >= 0.3 is 0 Å². The molecule has 3 atom stereocenters. The van der Waals surface area contributed by atoms with Crippen LogP contribution in [-0.2, 0) is 4.79 Å². The van der Waals surface area contributed by atoms with E-state index >= 15 is 0 Å². The first-order chi connectivity index (χ1) is 7.15. The molecular weight excluding hydrogens is 188 g/mol. The van der Waals surface area contributed by atoms with Crippen LogP contribution in [0.5, 0.6) is 0 Å². The molecule has 2 aliphatic rings. The standard InChI is InChI=1S/C12H22N2O/c1-8(2)12(15)13-7-9-5-10-3-4-11(6-9)14-10/h8-11,14H,3-7H2,1-2H3,(H,13,15)/t9?,10-,11+. The van der Waals surface area contributed by atoms with E-state index in [9.17, 15) is 4.79 Å². The molecule has 15 heavy (non-hydrogen) atoms. The lowest BCUT2D eigenvalue weighted by Crippen LogP contribution is -2.42. The maximum absolute atomic E-state index is 11.4. The largest absolute Gasteiger partial charge is 0.356 e. The first-order valence-electron chi connectivity index (χ1n) is 6.19. The van der Waals surface area contributed by atoms with Crippen molar-refractivity contribution in [3.05, 3.63) is 0 Å². The maximum Gasteiger partial charge on any atom is 0.222 e. The van der Waals surface area contributed by atoms with Gasteiger partial charge in [-0.15, -0.1) is 0 Å². The van der Waals surface area contributed by atoms with Crippen LogP contribution in [0.15, 0.2) is 0 Å². The minimum atomic E-state index is 0.114. The van der Waals surface area contributed by atoms with Gasteiger partial charge in [-0.05, 0) is 31.6 Å². The molecule has 1 amide bonds. The van der Waals surface area contributed by atoms with Crippen molar-refractivity contribution in [1.82, 2.24) is 10.6 Å². The molecule has 3 nitrogen and oxygen atoms in total. The summed E-state index contributed by atoms with van der Waals surface area (Å²) in [5, 5.41) is 6.67. The van der Waals surface area contributed by atoms with E-state index in [4.69, 9.17) is 0 Å². The fourth-order valence-corrected chi connectivity index (χ4v) is 2.79. The Kier molecular flexibility index (Phi) is 3.29. The molecule has 2 bridgehead atoms. The van der Waals surface area contributed by atoms with Gasteiger partial charge < -0.3 is 10.6 Å². The highest BCUT2D eigenvalue weighted by molar-refractivity contribution is 5.77. The maximum atomic E-state index is 11.4. The predicted molar refractivity (Wildman–Crippen MR) is 60.5 cm³/mol. The van der Waals surface area contributed by atoms with Crippen LogP contribution in [0.1, 0.15) is 39.5 Å². The molecule has 2 N–H and O–H groups in total. The fraction of sp³-hybridized carbons (Fsp3) is 0.917. The molecule has 3 heteroatoms. The zero-order valence-electron chi connectivity index (χ0n) is 9.75. The van der Waals surface area contributed by atoms with Crippen molar-refractivity contribution in [2.75, 3.05) is 6.54 Å². The minimum Gasteiger partial charge on any atom is -0.356 e. The first kappa shape index (κ1) is 10.9. The molecule has 2 fully saturated rings. The third-order valence-corrected chi connectivity index (χ3v) is 3.66. The van der Waals surface area contributed by atoms with Gasteiger partial charge in [-0.25, -0.2) is 0 Å². The van der Waals surface area contributed by atoms with Gasteiger partial charge in [-0.1, -0.05) is 13.8 Å².